The van der Waals surface area contributed by atoms with E-state index >= 15 is 0 Å². The Hall–Kier alpha value is -1.59. The van der Waals surface area contributed by atoms with Crippen LogP contribution in [0.15, 0.2) is 29.3 Å². The van der Waals surface area contributed by atoms with E-state index in [1.54, 1.807) is 14.2 Å². The first-order chi connectivity index (χ1) is 11.4. The maximum Gasteiger partial charge on any atom is 0.191 e. The van der Waals surface area contributed by atoms with Crippen molar-refractivity contribution in [3.8, 4) is 0 Å². The molecule has 0 radical (unpaired) electrons. The molecular formula is C19H34N4O. The Labute approximate surface area is 147 Å². The van der Waals surface area contributed by atoms with Gasteiger partial charge in [-0.25, -0.2) is 0 Å². The Morgan fingerprint density at radius 2 is 1.83 bits per heavy atom. The lowest BCUT2D eigenvalue weighted by Crippen LogP contribution is -2.45. The largest absolute Gasteiger partial charge is 0.377 e. The van der Waals surface area contributed by atoms with Crippen molar-refractivity contribution in [2.24, 2.45) is 4.99 Å². The summed E-state index contributed by atoms with van der Waals surface area (Å²) < 4.78 is 5.42. The van der Waals surface area contributed by atoms with Crippen LogP contribution < -0.4 is 10.6 Å². The van der Waals surface area contributed by atoms with Crippen LogP contribution in [0.5, 0.6) is 0 Å². The van der Waals surface area contributed by atoms with Crippen LogP contribution in [0.25, 0.3) is 0 Å². The maximum absolute atomic E-state index is 5.42. The summed E-state index contributed by atoms with van der Waals surface area (Å²) in [5.74, 6) is 0.786. The summed E-state index contributed by atoms with van der Waals surface area (Å²) in [4.78, 5) is 6.68. The molecule has 0 saturated heterocycles. The Morgan fingerprint density at radius 1 is 1.17 bits per heavy atom. The predicted octanol–water partition coefficient (Wildman–Crippen LogP) is 2.62. The molecule has 0 aliphatic carbocycles. The second-order valence-electron chi connectivity index (χ2n) is 6.52. The second-order valence-corrected chi connectivity index (χ2v) is 6.52. The van der Waals surface area contributed by atoms with E-state index in [1.807, 2.05) is 13.8 Å². The molecule has 0 aromatic heterocycles. The number of benzene rings is 1. The number of aliphatic imine (C=N–C) groups is 1. The normalized spacial score (nSPS) is 12.5. The Morgan fingerprint density at radius 3 is 2.42 bits per heavy atom. The van der Waals surface area contributed by atoms with Crippen molar-refractivity contribution in [1.82, 2.24) is 15.5 Å². The molecule has 1 aromatic rings. The van der Waals surface area contributed by atoms with Crippen molar-refractivity contribution < 1.29 is 4.74 Å². The highest BCUT2D eigenvalue weighted by molar-refractivity contribution is 5.79. The van der Waals surface area contributed by atoms with Gasteiger partial charge in [0.05, 0.1) is 5.60 Å². The molecule has 24 heavy (non-hydrogen) atoms. The van der Waals surface area contributed by atoms with Gasteiger partial charge < -0.3 is 15.4 Å². The van der Waals surface area contributed by atoms with Crippen molar-refractivity contribution >= 4 is 5.96 Å². The molecule has 0 bridgehead atoms. The topological polar surface area (TPSA) is 48.9 Å². The van der Waals surface area contributed by atoms with Crippen molar-refractivity contribution in [2.45, 2.75) is 46.4 Å². The van der Waals surface area contributed by atoms with E-state index in [0.717, 1.165) is 32.1 Å². The fourth-order valence-electron chi connectivity index (χ4n) is 2.32. The van der Waals surface area contributed by atoms with Gasteiger partial charge in [0, 0.05) is 33.8 Å². The van der Waals surface area contributed by atoms with E-state index in [2.05, 4.69) is 58.6 Å². The van der Waals surface area contributed by atoms with E-state index in [9.17, 15) is 0 Å². The van der Waals surface area contributed by atoms with Gasteiger partial charge in [-0.05, 0) is 38.1 Å². The SMILES string of the molecule is CCN(CC)Cc1cccc(CNC(=NC)NCC(C)(C)OC)c1. The highest BCUT2D eigenvalue weighted by Crippen LogP contribution is 2.09. The minimum absolute atomic E-state index is 0.221. The van der Waals surface area contributed by atoms with Crippen LogP contribution in [0.4, 0.5) is 0 Å². The molecule has 5 nitrogen and oxygen atoms in total. The minimum Gasteiger partial charge on any atom is -0.377 e. The van der Waals surface area contributed by atoms with Gasteiger partial charge >= 0.3 is 0 Å². The second kappa shape index (κ2) is 10.3. The quantitative estimate of drug-likeness (QED) is 0.538. The van der Waals surface area contributed by atoms with E-state index in [0.29, 0.717) is 6.54 Å². The van der Waals surface area contributed by atoms with Gasteiger partial charge in [0.2, 0.25) is 0 Å². The maximum atomic E-state index is 5.42. The van der Waals surface area contributed by atoms with E-state index in [4.69, 9.17) is 4.74 Å². The third-order valence-electron chi connectivity index (χ3n) is 4.21. The lowest BCUT2D eigenvalue weighted by Gasteiger charge is -2.24. The monoisotopic (exact) mass is 334 g/mol. The molecule has 1 aromatic carbocycles. The molecule has 0 amide bonds. The summed E-state index contributed by atoms with van der Waals surface area (Å²) in [6.45, 7) is 13.1. The molecule has 0 aliphatic heterocycles. The number of nitrogens with zero attached hydrogens (tertiary/aromatic N) is 2. The molecule has 0 spiro atoms. The molecule has 136 valence electrons. The molecule has 2 N–H and O–H groups in total. The van der Waals surface area contributed by atoms with Crippen molar-refractivity contribution in [3.63, 3.8) is 0 Å². The zero-order valence-electron chi connectivity index (χ0n) is 16.1. The number of guanidine groups is 1. The van der Waals surface area contributed by atoms with Gasteiger partial charge in [-0.15, -0.1) is 0 Å². The van der Waals surface area contributed by atoms with Gasteiger partial charge in [-0.2, -0.15) is 0 Å². The summed E-state index contributed by atoms with van der Waals surface area (Å²) in [7, 11) is 3.51. The number of ether oxygens (including phenoxy) is 1. The summed E-state index contributed by atoms with van der Waals surface area (Å²) in [6, 6.07) is 8.72. The van der Waals surface area contributed by atoms with Crippen molar-refractivity contribution in [1.29, 1.82) is 0 Å². The number of methoxy groups -OCH3 is 1. The molecule has 1 rings (SSSR count). The molecule has 0 unspecified atom stereocenters. The fraction of sp³-hybridized carbons (Fsp3) is 0.632. The van der Waals surface area contributed by atoms with Crippen LogP contribution in [0.3, 0.4) is 0 Å². The van der Waals surface area contributed by atoms with Crippen LogP contribution in [-0.2, 0) is 17.8 Å². The van der Waals surface area contributed by atoms with E-state index < -0.39 is 0 Å². The molecule has 0 saturated carbocycles. The molecule has 0 atom stereocenters. The lowest BCUT2D eigenvalue weighted by molar-refractivity contribution is 0.0268. The zero-order valence-corrected chi connectivity index (χ0v) is 16.1. The summed E-state index contributed by atoms with van der Waals surface area (Å²) in [6.07, 6.45) is 0. The highest BCUT2D eigenvalue weighted by Gasteiger charge is 2.16. The standard InChI is InChI=1S/C19H34N4O/c1-7-23(8-2)14-17-11-9-10-16(12-17)13-21-18(20-5)22-15-19(3,4)24-6/h9-12H,7-8,13-15H2,1-6H3,(H2,20,21,22). The van der Waals surface area contributed by atoms with Gasteiger partial charge in [0.1, 0.15) is 0 Å². The predicted molar refractivity (Wildman–Crippen MR) is 102 cm³/mol. The molecule has 0 heterocycles. The zero-order chi connectivity index (χ0) is 18.0. The van der Waals surface area contributed by atoms with Crippen LogP contribution in [-0.4, -0.2) is 50.3 Å². The van der Waals surface area contributed by atoms with Crippen LogP contribution in [0.1, 0.15) is 38.8 Å². The molecular weight excluding hydrogens is 300 g/mol. The number of rotatable bonds is 9. The third kappa shape index (κ3) is 7.32. The Balaban J connectivity index is 2.56. The van der Waals surface area contributed by atoms with Gasteiger partial charge in [0.15, 0.2) is 5.96 Å². The summed E-state index contributed by atoms with van der Waals surface area (Å²) in [5.41, 5.74) is 2.39. The smallest absolute Gasteiger partial charge is 0.191 e. The Bertz CT molecular complexity index is 510. The number of hydrogen-bond acceptors (Lipinski definition) is 3. The average Bonchev–Trinajstić information content (AvgIpc) is 2.60. The van der Waals surface area contributed by atoms with Crippen LogP contribution in [0, 0.1) is 0 Å². The van der Waals surface area contributed by atoms with Gasteiger partial charge in [0.25, 0.3) is 0 Å². The molecule has 0 fully saturated rings. The third-order valence-corrected chi connectivity index (χ3v) is 4.21. The average molecular weight is 335 g/mol. The highest BCUT2D eigenvalue weighted by atomic mass is 16.5. The van der Waals surface area contributed by atoms with Gasteiger partial charge in [-0.1, -0.05) is 38.1 Å². The molecule has 0 aliphatic rings. The van der Waals surface area contributed by atoms with E-state index in [-0.39, 0.29) is 5.60 Å². The lowest BCUT2D eigenvalue weighted by atomic mass is 10.1. The Kier molecular flexibility index (Phi) is 8.79. The van der Waals surface area contributed by atoms with Crippen LogP contribution >= 0.6 is 0 Å². The number of nitrogens with one attached hydrogen (secondary N) is 2. The summed E-state index contributed by atoms with van der Waals surface area (Å²) in [5, 5.41) is 6.66. The van der Waals surface area contributed by atoms with E-state index in [1.165, 1.54) is 11.1 Å². The van der Waals surface area contributed by atoms with Crippen molar-refractivity contribution in [3.05, 3.63) is 35.4 Å². The first-order valence-electron chi connectivity index (χ1n) is 8.74. The first kappa shape index (κ1) is 20.5. The van der Waals surface area contributed by atoms with Crippen LogP contribution in [0.2, 0.25) is 0 Å². The summed E-state index contributed by atoms with van der Waals surface area (Å²) >= 11 is 0. The number of hydrogen-bond donors (Lipinski definition) is 2. The molecule has 5 heteroatoms. The fourth-order valence-corrected chi connectivity index (χ4v) is 2.32. The van der Waals surface area contributed by atoms with Crippen molar-refractivity contribution in [2.75, 3.05) is 33.8 Å². The first-order valence-corrected chi connectivity index (χ1v) is 8.74. The van der Waals surface area contributed by atoms with Gasteiger partial charge in [-0.3, -0.25) is 9.89 Å². The minimum atomic E-state index is -0.221.